The summed E-state index contributed by atoms with van der Waals surface area (Å²) >= 11 is 0. The van der Waals surface area contributed by atoms with Crippen LogP contribution in [0, 0.1) is 6.92 Å². The van der Waals surface area contributed by atoms with Crippen LogP contribution < -0.4 is 5.46 Å². The molecule has 0 amide bonds. The van der Waals surface area contributed by atoms with E-state index in [0.29, 0.717) is 0 Å². The number of rotatable bonds is 1. The largest absolute Gasteiger partial charge is 0.494 e. The maximum Gasteiger partial charge on any atom is 0.494 e. The SMILES string of the molecule is Cc1ccc2cc(B3OC(C)(C)C(C)(C)O3)ccc2c1. The lowest BCUT2D eigenvalue weighted by Crippen LogP contribution is -2.41. The summed E-state index contributed by atoms with van der Waals surface area (Å²) in [4.78, 5) is 0. The van der Waals surface area contributed by atoms with Gasteiger partial charge in [-0.1, -0.05) is 42.0 Å². The van der Waals surface area contributed by atoms with E-state index in [4.69, 9.17) is 9.31 Å². The predicted molar refractivity (Wildman–Crippen MR) is 84.4 cm³/mol. The molecular weight excluding hydrogens is 247 g/mol. The molecule has 104 valence electrons. The Morgan fingerprint density at radius 2 is 1.35 bits per heavy atom. The molecule has 2 aromatic carbocycles. The second-order valence-corrected chi connectivity index (χ2v) is 6.70. The minimum atomic E-state index is -0.292. The van der Waals surface area contributed by atoms with Gasteiger partial charge in [-0.15, -0.1) is 0 Å². The van der Waals surface area contributed by atoms with Crippen LogP contribution in [0.1, 0.15) is 33.3 Å². The van der Waals surface area contributed by atoms with Crippen molar-refractivity contribution in [3.8, 4) is 0 Å². The third kappa shape index (κ3) is 2.15. The first-order valence-electron chi connectivity index (χ1n) is 7.14. The van der Waals surface area contributed by atoms with Crippen molar-refractivity contribution in [2.24, 2.45) is 0 Å². The van der Waals surface area contributed by atoms with Gasteiger partial charge >= 0.3 is 7.12 Å². The van der Waals surface area contributed by atoms with E-state index < -0.39 is 0 Å². The fourth-order valence-electron chi connectivity index (χ4n) is 2.51. The van der Waals surface area contributed by atoms with Crippen molar-refractivity contribution < 1.29 is 9.31 Å². The molecular formula is C17H21BO2. The highest BCUT2D eigenvalue weighted by Gasteiger charge is 2.51. The van der Waals surface area contributed by atoms with Gasteiger partial charge in [-0.05, 0) is 50.9 Å². The van der Waals surface area contributed by atoms with Crippen LogP contribution in [0.2, 0.25) is 0 Å². The fraction of sp³-hybridized carbons (Fsp3) is 0.412. The molecule has 0 atom stereocenters. The second kappa shape index (κ2) is 4.34. The van der Waals surface area contributed by atoms with E-state index in [9.17, 15) is 0 Å². The maximum absolute atomic E-state index is 6.10. The molecule has 0 radical (unpaired) electrons. The van der Waals surface area contributed by atoms with E-state index >= 15 is 0 Å². The Labute approximate surface area is 121 Å². The molecule has 2 nitrogen and oxygen atoms in total. The van der Waals surface area contributed by atoms with E-state index in [0.717, 1.165) is 5.46 Å². The molecule has 0 aliphatic carbocycles. The van der Waals surface area contributed by atoms with E-state index in [1.54, 1.807) is 0 Å². The summed E-state index contributed by atoms with van der Waals surface area (Å²) < 4.78 is 12.2. The highest BCUT2D eigenvalue weighted by Crippen LogP contribution is 2.36. The monoisotopic (exact) mass is 268 g/mol. The first kappa shape index (κ1) is 13.7. The van der Waals surface area contributed by atoms with Crippen LogP contribution in [0.5, 0.6) is 0 Å². The summed E-state index contributed by atoms with van der Waals surface area (Å²) in [6.07, 6.45) is 0. The van der Waals surface area contributed by atoms with Crippen molar-refractivity contribution >= 4 is 23.4 Å². The molecule has 1 aliphatic heterocycles. The minimum absolute atomic E-state index is 0.286. The van der Waals surface area contributed by atoms with Crippen molar-refractivity contribution in [1.82, 2.24) is 0 Å². The number of benzene rings is 2. The minimum Gasteiger partial charge on any atom is -0.399 e. The van der Waals surface area contributed by atoms with Crippen LogP contribution in [0.25, 0.3) is 10.8 Å². The van der Waals surface area contributed by atoms with Gasteiger partial charge in [0.25, 0.3) is 0 Å². The quantitative estimate of drug-likeness (QED) is 0.737. The third-order valence-corrected chi connectivity index (χ3v) is 4.55. The Morgan fingerprint density at radius 3 is 2.00 bits per heavy atom. The van der Waals surface area contributed by atoms with Crippen molar-refractivity contribution in [2.75, 3.05) is 0 Å². The molecule has 0 unspecified atom stereocenters. The van der Waals surface area contributed by atoms with E-state index in [2.05, 4.69) is 71.0 Å². The van der Waals surface area contributed by atoms with E-state index in [1.807, 2.05) is 0 Å². The van der Waals surface area contributed by atoms with Gasteiger partial charge in [-0.25, -0.2) is 0 Å². The molecule has 20 heavy (non-hydrogen) atoms. The second-order valence-electron chi connectivity index (χ2n) is 6.70. The van der Waals surface area contributed by atoms with Gasteiger partial charge in [-0.3, -0.25) is 0 Å². The molecule has 1 saturated heterocycles. The Bertz CT molecular complexity index is 645. The van der Waals surface area contributed by atoms with Crippen LogP contribution in [0.15, 0.2) is 36.4 Å². The number of aryl methyl sites for hydroxylation is 1. The highest BCUT2D eigenvalue weighted by molar-refractivity contribution is 6.62. The van der Waals surface area contributed by atoms with Crippen molar-refractivity contribution in [2.45, 2.75) is 45.8 Å². The van der Waals surface area contributed by atoms with Gasteiger partial charge in [0.2, 0.25) is 0 Å². The molecule has 3 heteroatoms. The highest BCUT2D eigenvalue weighted by atomic mass is 16.7. The summed E-state index contributed by atoms with van der Waals surface area (Å²) in [6.45, 7) is 10.4. The van der Waals surface area contributed by atoms with Gasteiger partial charge in [0, 0.05) is 0 Å². The molecule has 0 spiro atoms. The molecule has 2 aromatic rings. The molecule has 1 aliphatic rings. The van der Waals surface area contributed by atoms with Crippen molar-refractivity contribution in [1.29, 1.82) is 0 Å². The van der Waals surface area contributed by atoms with Gasteiger partial charge in [0.05, 0.1) is 11.2 Å². The van der Waals surface area contributed by atoms with E-state index in [-0.39, 0.29) is 18.3 Å². The standard InChI is InChI=1S/C17H21BO2/c1-12-6-7-14-11-15(9-8-13(14)10-12)18-19-16(2,3)17(4,5)20-18/h6-11H,1-5H3. The average molecular weight is 268 g/mol. The Balaban J connectivity index is 1.98. The lowest BCUT2D eigenvalue weighted by molar-refractivity contribution is 0.00578. The van der Waals surface area contributed by atoms with Gasteiger partial charge in [0.1, 0.15) is 0 Å². The summed E-state index contributed by atoms with van der Waals surface area (Å²) in [6, 6.07) is 12.9. The zero-order chi connectivity index (χ0) is 14.5. The van der Waals surface area contributed by atoms with Crippen LogP contribution in [0.3, 0.4) is 0 Å². The Morgan fingerprint density at radius 1 is 0.800 bits per heavy atom. The molecule has 0 saturated carbocycles. The summed E-state index contributed by atoms with van der Waals surface area (Å²) in [5.74, 6) is 0. The normalized spacial score (nSPS) is 20.6. The zero-order valence-electron chi connectivity index (χ0n) is 12.9. The average Bonchev–Trinajstić information content (AvgIpc) is 2.58. The summed E-state index contributed by atoms with van der Waals surface area (Å²) in [5, 5.41) is 2.48. The third-order valence-electron chi connectivity index (χ3n) is 4.55. The van der Waals surface area contributed by atoms with Crippen LogP contribution in [-0.2, 0) is 9.31 Å². The van der Waals surface area contributed by atoms with Gasteiger partial charge in [0.15, 0.2) is 0 Å². The van der Waals surface area contributed by atoms with Gasteiger partial charge < -0.3 is 9.31 Å². The first-order chi connectivity index (χ1) is 9.28. The molecule has 0 N–H and O–H groups in total. The number of hydrogen-bond acceptors (Lipinski definition) is 2. The molecule has 3 rings (SSSR count). The fourth-order valence-corrected chi connectivity index (χ4v) is 2.51. The first-order valence-corrected chi connectivity index (χ1v) is 7.14. The molecule has 1 fully saturated rings. The Kier molecular flexibility index (Phi) is 2.96. The smallest absolute Gasteiger partial charge is 0.399 e. The molecule has 1 heterocycles. The lowest BCUT2D eigenvalue weighted by atomic mass is 9.78. The van der Waals surface area contributed by atoms with Crippen LogP contribution >= 0.6 is 0 Å². The lowest BCUT2D eigenvalue weighted by Gasteiger charge is -2.32. The van der Waals surface area contributed by atoms with E-state index in [1.165, 1.54) is 16.3 Å². The number of hydrogen-bond donors (Lipinski definition) is 0. The summed E-state index contributed by atoms with van der Waals surface area (Å²) in [5.41, 5.74) is 1.78. The Hall–Kier alpha value is -1.32. The van der Waals surface area contributed by atoms with Crippen LogP contribution in [-0.4, -0.2) is 18.3 Å². The predicted octanol–water partition coefficient (Wildman–Crippen LogP) is 3.45. The topological polar surface area (TPSA) is 18.5 Å². The summed E-state index contributed by atoms with van der Waals surface area (Å²) in [7, 11) is -0.286. The zero-order valence-corrected chi connectivity index (χ0v) is 12.9. The molecule has 0 bridgehead atoms. The number of fused-ring (bicyclic) bond motifs is 1. The maximum atomic E-state index is 6.10. The van der Waals surface area contributed by atoms with Gasteiger partial charge in [-0.2, -0.15) is 0 Å². The van der Waals surface area contributed by atoms with Crippen LogP contribution in [0.4, 0.5) is 0 Å². The molecule has 0 aromatic heterocycles. The van der Waals surface area contributed by atoms with Crippen molar-refractivity contribution in [3.63, 3.8) is 0 Å². The van der Waals surface area contributed by atoms with Crippen molar-refractivity contribution in [3.05, 3.63) is 42.0 Å².